The number of methoxy groups -OCH3 is 1. The van der Waals surface area contributed by atoms with Crippen molar-refractivity contribution in [3.63, 3.8) is 0 Å². The quantitative estimate of drug-likeness (QED) is 0.255. The number of rotatable bonds is 11. The standard InChI is InChI=1S/C20H27ClN4O2S/c1-4-25(5-2)18-13-17(21)23-20(24-18)28-14-15-7-9-16(10-8-15)19(26)22-11-6-12-27-3/h7-10,13H,4-6,11-12,14H2,1-3H3,(H,22,26). The molecule has 1 aromatic heterocycles. The van der Waals surface area contributed by atoms with Gasteiger partial charge in [-0.3, -0.25) is 4.79 Å². The molecule has 6 nitrogen and oxygen atoms in total. The SMILES string of the molecule is CCN(CC)c1cc(Cl)nc(SCc2ccc(C(=O)NCCCOC)cc2)n1. The second kappa shape index (κ2) is 11.9. The lowest BCUT2D eigenvalue weighted by molar-refractivity contribution is 0.0948. The third kappa shape index (κ3) is 6.96. The first-order valence-electron chi connectivity index (χ1n) is 9.35. The first kappa shape index (κ1) is 22.5. The molecule has 0 aliphatic heterocycles. The normalized spacial score (nSPS) is 10.7. The van der Waals surface area contributed by atoms with Crippen molar-refractivity contribution >= 4 is 35.1 Å². The van der Waals surface area contributed by atoms with Gasteiger partial charge >= 0.3 is 0 Å². The molecule has 0 aliphatic rings. The van der Waals surface area contributed by atoms with Gasteiger partial charge in [0.25, 0.3) is 5.91 Å². The summed E-state index contributed by atoms with van der Waals surface area (Å²) < 4.78 is 4.97. The van der Waals surface area contributed by atoms with E-state index in [2.05, 4.69) is 34.0 Å². The van der Waals surface area contributed by atoms with Crippen LogP contribution in [0.25, 0.3) is 0 Å². The molecule has 1 heterocycles. The summed E-state index contributed by atoms with van der Waals surface area (Å²) in [6.45, 7) is 7.14. The van der Waals surface area contributed by atoms with E-state index >= 15 is 0 Å². The van der Waals surface area contributed by atoms with Gasteiger partial charge in [0, 0.05) is 50.7 Å². The monoisotopic (exact) mass is 422 g/mol. The van der Waals surface area contributed by atoms with Crippen molar-refractivity contribution in [2.45, 2.75) is 31.2 Å². The van der Waals surface area contributed by atoms with Crippen LogP contribution in [0, 0.1) is 0 Å². The number of nitrogens with one attached hydrogen (secondary N) is 1. The van der Waals surface area contributed by atoms with Crippen LogP contribution in [0.3, 0.4) is 0 Å². The molecule has 0 bridgehead atoms. The second-order valence-electron chi connectivity index (χ2n) is 6.09. The van der Waals surface area contributed by atoms with Gasteiger partial charge in [-0.2, -0.15) is 0 Å². The van der Waals surface area contributed by atoms with Crippen LogP contribution in [0.15, 0.2) is 35.5 Å². The number of carbonyl (C=O) groups is 1. The maximum absolute atomic E-state index is 12.1. The number of benzene rings is 1. The van der Waals surface area contributed by atoms with Crippen LogP contribution >= 0.6 is 23.4 Å². The van der Waals surface area contributed by atoms with Gasteiger partial charge < -0.3 is 15.0 Å². The van der Waals surface area contributed by atoms with Crippen molar-refractivity contribution in [3.05, 3.63) is 46.6 Å². The summed E-state index contributed by atoms with van der Waals surface area (Å²) in [5.74, 6) is 1.47. The van der Waals surface area contributed by atoms with Crippen LogP contribution in [0.2, 0.25) is 5.15 Å². The smallest absolute Gasteiger partial charge is 0.251 e. The first-order chi connectivity index (χ1) is 13.6. The van der Waals surface area contributed by atoms with Gasteiger partial charge in [-0.1, -0.05) is 35.5 Å². The van der Waals surface area contributed by atoms with Crippen molar-refractivity contribution in [1.29, 1.82) is 0 Å². The van der Waals surface area contributed by atoms with Crippen molar-refractivity contribution < 1.29 is 9.53 Å². The van der Waals surface area contributed by atoms with Crippen LogP contribution in [0.1, 0.15) is 36.2 Å². The van der Waals surface area contributed by atoms with Crippen LogP contribution in [-0.4, -0.2) is 49.2 Å². The zero-order valence-electron chi connectivity index (χ0n) is 16.6. The van der Waals surface area contributed by atoms with Gasteiger partial charge in [-0.05, 0) is 38.0 Å². The van der Waals surface area contributed by atoms with Crippen molar-refractivity contribution in [2.75, 3.05) is 38.3 Å². The molecule has 2 aromatic rings. The Bertz CT molecular complexity index is 754. The minimum atomic E-state index is -0.0719. The van der Waals surface area contributed by atoms with Crippen molar-refractivity contribution in [3.8, 4) is 0 Å². The van der Waals surface area contributed by atoms with Crippen LogP contribution in [0.5, 0.6) is 0 Å². The number of anilines is 1. The molecule has 0 saturated carbocycles. The number of nitrogens with zero attached hydrogens (tertiary/aromatic N) is 3. The molecule has 152 valence electrons. The van der Waals surface area contributed by atoms with E-state index in [4.69, 9.17) is 16.3 Å². The molecule has 0 unspecified atom stereocenters. The summed E-state index contributed by atoms with van der Waals surface area (Å²) in [6, 6.07) is 9.36. The van der Waals surface area contributed by atoms with E-state index in [0.717, 1.165) is 30.9 Å². The molecule has 8 heteroatoms. The number of amides is 1. The number of thioether (sulfide) groups is 1. The number of hydrogen-bond donors (Lipinski definition) is 1. The van der Waals surface area contributed by atoms with Gasteiger partial charge in [0.1, 0.15) is 11.0 Å². The zero-order chi connectivity index (χ0) is 20.4. The Morgan fingerprint density at radius 2 is 1.93 bits per heavy atom. The Morgan fingerprint density at radius 3 is 2.57 bits per heavy atom. The minimum Gasteiger partial charge on any atom is -0.385 e. The lowest BCUT2D eigenvalue weighted by Crippen LogP contribution is -2.25. The van der Waals surface area contributed by atoms with E-state index in [-0.39, 0.29) is 5.91 Å². The maximum atomic E-state index is 12.1. The molecule has 0 atom stereocenters. The topological polar surface area (TPSA) is 67.4 Å². The summed E-state index contributed by atoms with van der Waals surface area (Å²) in [4.78, 5) is 23.1. The predicted octanol–water partition coefficient (Wildman–Crippen LogP) is 4.03. The van der Waals surface area contributed by atoms with Crippen LogP contribution in [0.4, 0.5) is 5.82 Å². The highest BCUT2D eigenvalue weighted by Crippen LogP contribution is 2.24. The van der Waals surface area contributed by atoms with Crippen molar-refractivity contribution in [1.82, 2.24) is 15.3 Å². The summed E-state index contributed by atoms with van der Waals surface area (Å²) in [6.07, 6.45) is 0.798. The molecule has 28 heavy (non-hydrogen) atoms. The zero-order valence-corrected chi connectivity index (χ0v) is 18.1. The average molecular weight is 423 g/mol. The van der Waals surface area contributed by atoms with E-state index < -0.39 is 0 Å². The minimum absolute atomic E-state index is 0.0719. The molecule has 0 saturated heterocycles. The molecular formula is C20H27ClN4O2S. The molecule has 1 aromatic carbocycles. The number of carbonyl (C=O) groups excluding carboxylic acids is 1. The highest BCUT2D eigenvalue weighted by Gasteiger charge is 2.10. The first-order valence-corrected chi connectivity index (χ1v) is 10.7. The molecule has 0 aliphatic carbocycles. The van der Waals surface area contributed by atoms with E-state index in [1.54, 1.807) is 13.2 Å². The van der Waals surface area contributed by atoms with Gasteiger partial charge in [-0.15, -0.1) is 0 Å². The maximum Gasteiger partial charge on any atom is 0.251 e. The van der Waals surface area contributed by atoms with E-state index in [0.29, 0.717) is 34.8 Å². The molecule has 0 spiro atoms. The van der Waals surface area contributed by atoms with Crippen LogP contribution < -0.4 is 10.2 Å². The highest BCUT2D eigenvalue weighted by molar-refractivity contribution is 7.98. The summed E-state index contributed by atoms with van der Waals surface area (Å²) in [5.41, 5.74) is 1.74. The predicted molar refractivity (Wildman–Crippen MR) is 115 cm³/mol. The third-order valence-electron chi connectivity index (χ3n) is 4.14. The number of halogens is 1. The fourth-order valence-corrected chi connectivity index (χ4v) is 3.62. The van der Waals surface area contributed by atoms with E-state index in [9.17, 15) is 4.79 Å². The third-order valence-corrected chi connectivity index (χ3v) is 5.26. The number of aromatic nitrogens is 2. The van der Waals surface area contributed by atoms with Gasteiger partial charge in [0.05, 0.1) is 0 Å². The van der Waals surface area contributed by atoms with E-state index in [1.165, 1.54) is 11.8 Å². The summed E-state index contributed by atoms with van der Waals surface area (Å²) in [5, 5.41) is 3.97. The number of hydrogen-bond acceptors (Lipinski definition) is 6. The highest BCUT2D eigenvalue weighted by atomic mass is 35.5. The van der Waals surface area contributed by atoms with Crippen molar-refractivity contribution in [2.24, 2.45) is 0 Å². The Balaban J connectivity index is 1.93. The van der Waals surface area contributed by atoms with Gasteiger partial charge in [0.15, 0.2) is 5.16 Å². The van der Waals surface area contributed by atoms with Gasteiger partial charge in [0.2, 0.25) is 0 Å². The molecule has 0 radical (unpaired) electrons. The fraction of sp³-hybridized carbons (Fsp3) is 0.450. The lowest BCUT2D eigenvalue weighted by Gasteiger charge is -2.20. The van der Waals surface area contributed by atoms with Crippen LogP contribution in [-0.2, 0) is 10.5 Å². The molecular weight excluding hydrogens is 396 g/mol. The molecule has 0 fully saturated rings. The molecule has 2 rings (SSSR count). The van der Waals surface area contributed by atoms with E-state index in [1.807, 2.05) is 24.3 Å². The fourth-order valence-electron chi connectivity index (χ4n) is 2.58. The Labute approximate surface area is 176 Å². The Morgan fingerprint density at radius 1 is 1.21 bits per heavy atom. The second-order valence-corrected chi connectivity index (χ2v) is 7.42. The average Bonchev–Trinajstić information content (AvgIpc) is 2.70. The number of ether oxygens (including phenoxy) is 1. The lowest BCUT2D eigenvalue weighted by atomic mass is 10.1. The Kier molecular flexibility index (Phi) is 9.54. The van der Waals surface area contributed by atoms with Gasteiger partial charge in [-0.25, -0.2) is 9.97 Å². The molecule has 1 amide bonds. The largest absolute Gasteiger partial charge is 0.385 e. The molecule has 1 N–H and O–H groups in total. The summed E-state index contributed by atoms with van der Waals surface area (Å²) >= 11 is 7.69. The summed E-state index contributed by atoms with van der Waals surface area (Å²) in [7, 11) is 1.65. The Hall–Kier alpha value is -1.83.